The number of aryl methyl sites for hydroxylation is 1. The van der Waals surface area contributed by atoms with Gasteiger partial charge in [-0.05, 0) is 30.9 Å². The van der Waals surface area contributed by atoms with E-state index in [1.165, 1.54) is 0 Å². The van der Waals surface area contributed by atoms with Gasteiger partial charge < -0.3 is 19.7 Å². The zero-order chi connectivity index (χ0) is 18.5. The van der Waals surface area contributed by atoms with Crippen LogP contribution in [0.15, 0.2) is 24.3 Å². The number of amides is 2. The highest BCUT2D eigenvalue weighted by molar-refractivity contribution is 5.90. The molecule has 6 heteroatoms. The lowest BCUT2D eigenvalue weighted by atomic mass is 9.89. The van der Waals surface area contributed by atoms with E-state index in [1.54, 1.807) is 12.0 Å². The van der Waals surface area contributed by atoms with Gasteiger partial charge in [-0.25, -0.2) is 0 Å². The van der Waals surface area contributed by atoms with Crippen molar-refractivity contribution < 1.29 is 19.1 Å². The van der Waals surface area contributed by atoms with Crippen LogP contribution in [0, 0.1) is 12.8 Å². The summed E-state index contributed by atoms with van der Waals surface area (Å²) in [5.41, 5.74) is 2.14. The summed E-state index contributed by atoms with van der Waals surface area (Å²) >= 11 is 0. The highest BCUT2D eigenvalue weighted by Gasteiger charge is 2.45. The van der Waals surface area contributed by atoms with E-state index in [1.807, 2.05) is 31.2 Å². The van der Waals surface area contributed by atoms with Gasteiger partial charge in [0.15, 0.2) is 0 Å². The van der Waals surface area contributed by atoms with Crippen molar-refractivity contribution in [2.75, 3.05) is 33.5 Å². The summed E-state index contributed by atoms with van der Waals surface area (Å²) < 4.78 is 10.5. The second-order valence-corrected chi connectivity index (χ2v) is 7.09. The van der Waals surface area contributed by atoms with Gasteiger partial charge in [-0.3, -0.25) is 9.59 Å². The normalized spacial score (nSPS) is 24.1. The molecule has 1 N–H and O–H groups in total. The molecule has 2 aliphatic heterocycles. The van der Waals surface area contributed by atoms with Gasteiger partial charge in [0.2, 0.25) is 11.8 Å². The number of rotatable bonds is 6. The van der Waals surface area contributed by atoms with Crippen LogP contribution in [-0.4, -0.2) is 56.2 Å². The van der Waals surface area contributed by atoms with Crippen LogP contribution in [0.5, 0.6) is 0 Å². The van der Waals surface area contributed by atoms with Crippen LogP contribution in [-0.2, 0) is 19.1 Å². The molecule has 2 aliphatic rings. The Labute approximate surface area is 154 Å². The predicted octanol–water partition coefficient (Wildman–Crippen LogP) is 1.83. The standard InChI is InChI=1S/C20H28N2O4/c1-14-5-3-4-6-16(14)19-17(13-18(23)22(19)9-12-25-2)20(24)21-15-7-10-26-11-8-15/h3-6,15,17,19H,7-13H2,1-2H3,(H,21,24)/t17-,19+/m1/s1. The van der Waals surface area contributed by atoms with Gasteiger partial charge >= 0.3 is 0 Å². The van der Waals surface area contributed by atoms with Gasteiger partial charge in [-0.15, -0.1) is 0 Å². The molecule has 6 nitrogen and oxygen atoms in total. The van der Waals surface area contributed by atoms with Crippen LogP contribution in [0.3, 0.4) is 0 Å². The van der Waals surface area contributed by atoms with Gasteiger partial charge in [0.25, 0.3) is 0 Å². The summed E-state index contributed by atoms with van der Waals surface area (Å²) in [6.45, 7) is 4.34. The summed E-state index contributed by atoms with van der Waals surface area (Å²) in [6, 6.07) is 7.89. The second kappa shape index (κ2) is 8.64. The fraction of sp³-hybridized carbons (Fsp3) is 0.600. The van der Waals surface area contributed by atoms with Crippen molar-refractivity contribution >= 4 is 11.8 Å². The highest BCUT2D eigenvalue weighted by Crippen LogP contribution is 2.39. The third-order valence-corrected chi connectivity index (χ3v) is 5.38. The first-order chi connectivity index (χ1) is 12.6. The lowest BCUT2D eigenvalue weighted by Gasteiger charge is -2.30. The van der Waals surface area contributed by atoms with E-state index in [0.29, 0.717) is 26.4 Å². The molecular formula is C20H28N2O4. The smallest absolute Gasteiger partial charge is 0.226 e. The molecule has 0 aliphatic carbocycles. The van der Waals surface area contributed by atoms with Crippen LogP contribution in [0.1, 0.15) is 36.4 Å². The van der Waals surface area contributed by atoms with Crippen LogP contribution in [0.4, 0.5) is 0 Å². The molecule has 2 fully saturated rings. The van der Waals surface area contributed by atoms with E-state index in [9.17, 15) is 9.59 Å². The fourth-order valence-corrected chi connectivity index (χ4v) is 3.93. The predicted molar refractivity (Wildman–Crippen MR) is 97.6 cm³/mol. The molecule has 0 radical (unpaired) electrons. The molecule has 0 bridgehead atoms. The molecule has 2 saturated heterocycles. The number of nitrogens with zero attached hydrogens (tertiary/aromatic N) is 1. The van der Waals surface area contributed by atoms with E-state index in [2.05, 4.69) is 5.32 Å². The van der Waals surface area contributed by atoms with Crippen LogP contribution < -0.4 is 5.32 Å². The summed E-state index contributed by atoms with van der Waals surface area (Å²) in [5.74, 6) is -0.385. The quantitative estimate of drug-likeness (QED) is 0.840. The van der Waals surface area contributed by atoms with Gasteiger partial charge in [-0.1, -0.05) is 24.3 Å². The van der Waals surface area contributed by atoms with Gasteiger partial charge in [0.1, 0.15) is 0 Å². The molecule has 0 saturated carbocycles. The molecule has 1 aromatic carbocycles. The molecule has 1 aromatic rings. The maximum atomic E-state index is 13.0. The minimum Gasteiger partial charge on any atom is -0.383 e. The Balaban J connectivity index is 1.83. The summed E-state index contributed by atoms with van der Waals surface area (Å²) in [6.07, 6.45) is 1.90. The third kappa shape index (κ3) is 4.07. The third-order valence-electron chi connectivity index (χ3n) is 5.38. The molecule has 26 heavy (non-hydrogen) atoms. The first-order valence-corrected chi connectivity index (χ1v) is 9.34. The molecular weight excluding hydrogens is 332 g/mol. The SMILES string of the molecule is COCCN1C(=O)C[C@@H](C(=O)NC2CCOCC2)[C@@H]1c1ccccc1C. The van der Waals surface area contributed by atoms with Crippen LogP contribution in [0.2, 0.25) is 0 Å². The molecule has 0 aromatic heterocycles. The topological polar surface area (TPSA) is 67.9 Å². The first-order valence-electron chi connectivity index (χ1n) is 9.34. The number of hydrogen-bond donors (Lipinski definition) is 1. The summed E-state index contributed by atoms with van der Waals surface area (Å²) in [7, 11) is 1.62. The van der Waals surface area contributed by atoms with Crippen LogP contribution in [0.25, 0.3) is 0 Å². The zero-order valence-corrected chi connectivity index (χ0v) is 15.6. The van der Waals surface area contributed by atoms with Crippen LogP contribution >= 0.6 is 0 Å². The molecule has 142 valence electrons. The number of hydrogen-bond acceptors (Lipinski definition) is 4. The maximum Gasteiger partial charge on any atom is 0.226 e. The Morgan fingerprint density at radius 2 is 2.04 bits per heavy atom. The number of methoxy groups -OCH3 is 1. The minimum atomic E-state index is -0.372. The number of benzene rings is 1. The summed E-state index contributed by atoms with van der Waals surface area (Å²) in [5, 5.41) is 3.15. The maximum absolute atomic E-state index is 13.0. The first kappa shape index (κ1) is 18.9. The molecule has 2 heterocycles. The number of nitrogens with one attached hydrogen (secondary N) is 1. The van der Waals surface area contributed by atoms with E-state index < -0.39 is 0 Å². The van der Waals surface area contributed by atoms with E-state index in [-0.39, 0.29) is 36.2 Å². The van der Waals surface area contributed by atoms with E-state index in [0.717, 1.165) is 24.0 Å². The Bertz CT molecular complexity index is 642. The zero-order valence-electron chi connectivity index (χ0n) is 15.6. The number of carbonyl (C=O) groups is 2. The van der Waals surface area contributed by atoms with Crippen molar-refractivity contribution in [1.29, 1.82) is 0 Å². The Kier molecular flexibility index (Phi) is 6.27. The highest BCUT2D eigenvalue weighted by atomic mass is 16.5. The molecule has 2 amide bonds. The Hall–Kier alpha value is -1.92. The fourth-order valence-electron chi connectivity index (χ4n) is 3.93. The van der Waals surface area contributed by atoms with Gasteiger partial charge in [0.05, 0.1) is 18.6 Å². The van der Waals surface area contributed by atoms with Crippen molar-refractivity contribution in [3.63, 3.8) is 0 Å². The second-order valence-electron chi connectivity index (χ2n) is 7.09. The van der Waals surface area contributed by atoms with Crippen molar-refractivity contribution in [3.05, 3.63) is 35.4 Å². The monoisotopic (exact) mass is 360 g/mol. The molecule has 2 atom stereocenters. The number of ether oxygens (including phenoxy) is 2. The van der Waals surface area contributed by atoms with Crippen molar-refractivity contribution in [1.82, 2.24) is 10.2 Å². The number of carbonyl (C=O) groups excluding carboxylic acids is 2. The molecule has 0 spiro atoms. The summed E-state index contributed by atoms with van der Waals surface area (Å²) in [4.78, 5) is 27.5. The Morgan fingerprint density at radius 3 is 2.73 bits per heavy atom. The van der Waals surface area contributed by atoms with Crippen molar-refractivity contribution in [2.24, 2.45) is 5.92 Å². The van der Waals surface area contributed by atoms with Gasteiger partial charge in [0, 0.05) is 39.3 Å². The average molecular weight is 360 g/mol. The van der Waals surface area contributed by atoms with E-state index >= 15 is 0 Å². The van der Waals surface area contributed by atoms with Crippen molar-refractivity contribution in [2.45, 2.75) is 38.3 Å². The van der Waals surface area contributed by atoms with E-state index in [4.69, 9.17) is 9.47 Å². The molecule has 0 unspecified atom stereocenters. The Morgan fingerprint density at radius 1 is 1.31 bits per heavy atom. The lowest BCUT2D eigenvalue weighted by Crippen LogP contribution is -2.43. The van der Waals surface area contributed by atoms with Crippen molar-refractivity contribution in [3.8, 4) is 0 Å². The average Bonchev–Trinajstić information content (AvgIpc) is 2.97. The number of likely N-dealkylation sites (tertiary alicyclic amines) is 1. The lowest BCUT2D eigenvalue weighted by molar-refractivity contribution is -0.130. The largest absolute Gasteiger partial charge is 0.383 e. The van der Waals surface area contributed by atoms with Gasteiger partial charge in [-0.2, -0.15) is 0 Å². The minimum absolute atomic E-state index is 0.0161. The molecule has 3 rings (SSSR count).